The highest BCUT2D eigenvalue weighted by molar-refractivity contribution is 5.93. The molecule has 0 atom stereocenters. The van der Waals surface area contributed by atoms with Crippen LogP contribution in [0.25, 0.3) is 6.08 Å². The predicted molar refractivity (Wildman–Crippen MR) is 104 cm³/mol. The summed E-state index contributed by atoms with van der Waals surface area (Å²) in [6.45, 7) is 10.4. The molecular weight excluding hydrogens is 294 g/mol. The third-order valence-corrected chi connectivity index (χ3v) is 5.18. The summed E-state index contributed by atoms with van der Waals surface area (Å²) in [4.78, 5) is 12.6. The van der Waals surface area contributed by atoms with E-state index in [1.54, 1.807) is 6.08 Å². The molecule has 130 valence electrons. The summed E-state index contributed by atoms with van der Waals surface area (Å²) in [5.74, 6) is 1.61. The standard InChI is InChI=1S/C22H31NO/c1-5-7-8-19-15-20(13-14-21(19)16(3)4)23-22(24)18-11-9-17(6-2)10-12-18/h5,7-8,13-18H,1,6,9-12H2,2-4H3,(H,23,24)/b8-7-. The summed E-state index contributed by atoms with van der Waals surface area (Å²) in [5, 5.41) is 3.13. The van der Waals surface area contributed by atoms with Crippen molar-refractivity contribution in [3.05, 3.63) is 48.1 Å². The van der Waals surface area contributed by atoms with Gasteiger partial charge in [0.1, 0.15) is 0 Å². The van der Waals surface area contributed by atoms with Crippen LogP contribution in [0, 0.1) is 11.8 Å². The molecule has 0 unspecified atom stereocenters. The van der Waals surface area contributed by atoms with Crippen LogP contribution in [-0.4, -0.2) is 5.91 Å². The van der Waals surface area contributed by atoms with Crippen molar-refractivity contribution in [3.8, 4) is 0 Å². The van der Waals surface area contributed by atoms with Gasteiger partial charge in [-0.05, 0) is 60.8 Å². The molecule has 2 nitrogen and oxygen atoms in total. The Morgan fingerprint density at radius 2 is 2.00 bits per heavy atom. The van der Waals surface area contributed by atoms with Gasteiger partial charge in [-0.3, -0.25) is 4.79 Å². The van der Waals surface area contributed by atoms with Crippen molar-refractivity contribution in [1.29, 1.82) is 0 Å². The number of nitrogens with one attached hydrogen (secondary N) is 1. The molecule has 0 spiro atoms. The van der Waals surface area contributed by atoms with Gasteiger partial charge in [0.05, 0.1) is 0 Å². The smallest absolute Gasteiger partial charge is 0.227 e. The lowest BCUT2D eigenvalue weighted by Gasteiger charge is -2.27. The Bertz CT molecular complexity index is 592. The highest BCUT2D eigenvalue weighted by Crippen LogP contribution is 2.32. The molecule has 1 aromatic rings. The zero-order valence-electron chi connectivity index (χ0n) is 15.3. The Hall–Kier alpha value is -1.83. The van der Waals surface area contributed by atoms with Crippen LogP contribution in [0.15, 0.2) is 36.9 Å². The third-order valence-electron chi connectivity index (χ3n) is 5.18. The van der Waals surface area contributed by atoms with Gasteiger partial charge in [0, 0.05) is 11.6 Å². The fourth-order valence-electron chi connectivity index (χ4n) is 3.57. The molecule has 1 saturated carbocycles. The average Bonchev–Trinajstić information content (AvgIpc) is 2.59. The molecule has 0 aromatic heterocycles. The topological polar surface area (TPSA) is 29.1 Å². The molecule has 1 N–H and O–H groups in total. The van der Waals surface area contributed by atoms with E-state index in [1.165, 1.54) is 24.8 Å². The average molecular weight is 325 g/mol. The van der Waals surface area contributed by atoms with Crippen molar-refractivity contribution in [1.82, 2.24) is 0 Å². The zero-order chi connectivity index (χ0) is 17.5. The predicted octanol–water partition coefficient (Wildman–Crippen LogP) is 6.16. The van der Waals surface area contributed by atoms with E-state index in [-0.39, 0.29) is 11.8 Å². The first-order valence-corrected chi connectivity index (χ1v) is 9.29. The minimum Gasteiger partial charge on any atom is -0.326 e. The monoisotopic (exact) mass is 325 g/mol. The lowest BCUT2D eigenvalue weighted by Crippen LogP contribution is -2.27. The lowest BCUT2D eigenvalue weighted by atomic mass is 9.80. The normalized spacial score (nSPS) is 21.2. The van der Waals surface area contributed by atoms with E-state index in [0.717, 1.165) is 30.0 Å². The van der Waals surface area contributed by atoms with E-state index in [2.05, 4.69) is 50.9 Å². The quantitative estimate of drug-likeness (QED) is 0.623. The van der Waals surface area contributed by atoms with Crippen molar-refractivity contribution in [2.75, 3.05) is 5.32 Å². The maximum atomic E-state index is 12.6. The van der Waals surface area contributed by atoms with E-state index in [0.29, 0.717) is 5.92 Å². The van der Waals surface area contributed by atoms with E-state index >= 15 is 0 Å². The Labute approximate surface area is 147 Å². The zero-order valence-corrected chi connectivity index (χ0v) is 15.3. The second-order valence-corrected chi connectivity index (χ2v) is 7.21. The highest BCUT2D eigenvalue weighted by atomic mass is 16.1. The van der Waals surface area contributed by atoms with Gasteiger partial charge in [0.2, 0.25) is 5.91 Å². The number of hydrogen-bond donors (Lipinski definition) is 1. The summed E-state index contributed by atoms with van der Waals surface area (Å²) in [7, 11) is 0. The molecule has 1 aromatic carbocycles. The number of benzene rings is 1. The number of carbonyl (C=O) groups is 1. The Morgan fingerprint density at radius 3 is 2.58 bits per heavy atom. The van der Waals surface area contributed by atoms with Gasteiger partial charge in [-0.1, -0.05) is 58.1 Å². The minimum atomic E-state index is 0.171. The van der Waals surface area contributed by atoms with Gasteiger partial charge in [0.25, 0.3) is 0 Å². The van der Waals surface area contributed by atoms with Gasteiger partial charge in [-0.15, -0.1) is 0 Å². The second-order valence-electron chi connectivity index (χ2n) is 7.21. The molecule has 1 aliphatic rings. The molecule has 24 heavy (non-hydrogen) atoms. The maximum absolute atomic E-state index is 12.6. The van der Waals surface area contributed by atoms with E-state index in [9.17, 15) is 4.79 Å². The number of carbonyl (C=O) groups excluding carboxylic acids is 1. The van der Waals surface area contributed by atoms with Crippen LogP contribution < -0.4 is 5.32 Å². The van der Waals surface area contributed by atoms with Gasteiger partial charge in [-0.2, -0.15) is 0 Å². The van der Waals surface area contributed by atoms with Crippen LogP contribution in [0.2, 0.25) is 0 Å². The van der Waals surface area contributed by atoms with Crippen LogP contribution in [-0.2, 0) is 4.79 Å². The van der Waals surface area contributed by atoms with Crippen molar-refractivity contribution in [2.24, 2.45) is 11.8 Å². The molecular formula is C22H31NO. The van der Waals surface area contributed by atoms with Crippen LogP contribution in [0.1, 0.15) is 69.9 Å². The molecule has 1 fully saturated rings. The Morgan fingerprint density at radius 1 is 1.29 bits per heavy atom. The molecule has 1 aliphatic carbocycles. The molecule has 0 aliphatic heterocycles. The molecule has 0 saturated heterocycles. The summed E-state index contributed by atoms with van der Waals surface area (Å²) < 4.78 is 0. The molecule has 0 heterocycles. The summed E-state index contributed by atoms with van der Waals surface area (Å²) >= 11 is 0. The molecule has 1 amide bonds. The first-order valence-electron chi connectivity index (χ1n) is 9.29. The number of rotatable bonds is 6. The van der Waals surface area contributed by atoms with E-state index in [1.807, 2.05) is 12.1 Å². The van der Waals surface area contributed by atoms with Crippen LogP contribution in [0.4, 0.5) is 5.69 Å². The first kappa shape index (κ1) is 18.5. The van der Waals surface area contributed by atoms with E-state index < -0.39 is 0 Å². The molecule has 2 heteroatoms. The fraction of sp³-hybridized carbons (Fsp3) is 0.500. The number of allylic oxidation sites excluding steroid dienone is 2. The summed E-state index contributed by atoms with van der Waals surface area (Å²) in [6.07, 6.45) is 11.5. The van der Waals surface area contributed by atoms with E-state index in [4.69, 9.17) is 0 Å². The van der Waals surface area contributed by atoms with Gasteiger partial charge >= 0.3 is 0 Å². The number of amides is 1. The Kier molecular flexibility index (Phi) is 6.84. The lowest BCUT2D eigenvalue weighted by molar-refractivity contribution is -0.121. The Balaban J connectivity index is 2.07. The fourth-order valence-corrected chi connectivity index (χ4v) is 3.57. The molecule has 0 radical (unpaired) electrons. The summed E-state index contributed by atoms with van der Waals surface area (Å²) in [6, 6.07) is 6.22. The largest absolute Gasteiger partial charge is 0.326 e. The second kappa shape index (κ2) is 8.86. The van der Waals surface area contributed by atoms with Crippen LogP contribution >= 0.6 is 0 Å². The van der Waals surface area contributed by atoms with Crippen molar-refractivity contribution >= 4 is 17.7 Å². The third kappa shape index (κ3) is 4.83. The molecule has 0 bridgehead atoms. The van der Waals surface area contributed by atoms with Crippen molar-refractivity contribution < 1.29 is 4.79 Å². The van der Waals surface area contributed by atoms with Gasteiger partial charge in [-0.25, -0.2) is 0 Å². The highest BCUT2D eigenvalue weighted by Gasteiger charge is 2.25. The molecule has 2 rings (SSSR count). The SMILES string of the molecule is C=C/C=C\c1cc(NC(=O)C2CCC(CC)CC2)ccc1C(C)C. The number of anilines is 1. The number of hydrogen-bond acceptors (Lipinski definition) is 1. The first-order chi connectivity index (χ1) is 11.5. The van der Waals surface area contributed by atoms with Crippen molar-refractivity contribution in [2.45, 2.75) is 58.8 Å². The summed E-state index contributed by atoms with van der Waals surface area (Å²) in [5.41, 5.74) is 3.33. The van der Waals surface area contributed by atoms with Gasteiger partial charge in [0.15, 0.2) is 0 Å². The maximum Gasteiger partial charge on any atom is 0.227 e. The van der Waals surface area contributed by atoms with Crippen molar-refractivity contribution in [3.63, 3.8) is 0 Å². The van der Waals surface area contributed by atoms with Crippen LogP contribution in [0.3, 0.4) is 0 Å². The van der Waals surface area contributed by atoms with Gasteiger partial charge < -0.3 is 5.32 Å². The minimum absolute atomic E-state index is 0.171. The van der Waals surface area contributed by atoms with Crippen LogP contribution in [0.5, 0.6) is 0 Å².